The number of sulfone groups is 1. The second-order valence-electron chi connectivity index (χ2n) is 11.4. The summed E-state index contributed by atoms with van der Waals surface area (Å²) in [5.41, 5.74) is 9.38. The number of fused-ring (bicyclic) bond motifs is 4. The van der Waals surface area contributed by atoms with E-state index in [4.69, 9.17) is 0 Å². The van der Waals surface area contributed by atoms with E-state index in [9.17, 15) is 8.42 Å². The van der Waals surface area contributed by atoms with Gasteiger partial charge < -0.3 is 9.80 Å². The van der Waals surface area contributed by atoms with E-state index in [-0.39, 0.29) is 0 Å². The van der Waals surface area contributed by atoms with E-state index in [1.807, 2.05) is 66.7 Å². The highest BCUT2D eigenvalue weighted by Gasteiger charge is 2.38. The first kappa shape index (κ1) is 25.8. The summed E-state index contributed by atoms with van der Waals surface area (Å²) in [7, 11) is -3.82. The molecule has 0 amide bonds. The molecular formula is C40H26N2O2S. The number of hydrogen-bond donors (Lipinski definition) is 0. The summed E-state index contributed by atoms with van der Waals surface area (Å²) in [5, 5.41) is 2.28. The third-order valence-electron chi connectivity index (χ3n) is 8.91. The van der Waals surface area contributed by atoms with Crippen molar-refractivity contribution in [1.82, 2.24) is 0 Å². The van der Waals surface area contributed by atoms with E-state index in [2.05, 4.69) is 88.7 Å². The van der Waals surface area contributed by atoms with E-state index in [0.717, 1.165) is 55.8 Å². The van der Waals surface area contributed by atoms with Gasteiger partial charge in [-0.3, -0.25) is 0 Å². The Morgan fingerprint density at radius 2 is 1.00 bits per heavy atom. The van der Waals surface area contributed by atoms with E-state index >= 15 is 0 Å². The Morgan fingerprint density at radius 3 is 1.78 bits per heavy atom. The summed E-state index contributed by atoms with van der Waals surface area (Å²) in [6, 6.07) is 52.7. The summed E-state index contributed by atoms with van der Waals surface area (Å²) in [5.74, 6) is 0. The largest absolute Gasteiger partial charge is 0.309 e. The van der Waals surface area contributed by atoms with Crippen LogP contribution in [-0.2, 0) is 9.84 Å². The minimum absolute atomic E-state index is 0.293. The number of nitrogens with zero attached hydrogens (tertiary/aromatic N) is 2. The van der Waals surface area contributed by atoms with E-state index < -0.39 is 9.84 Å². The lowest BCUT2D eigenvalue weighted by Gasteiger charge is -2.38. The molecule has 0 atom stereocenters. The SMILES string of the molecule is O=S1(=O)c2ccccc2N(c2ccccc2)c2cc3c(cc21)N(c1ccc(-c2ccccc2)cc1)c1cccc2cccc-3c12. The van der Waals surface area contributed by atoms with Crippen LogP contribution in [0.2, 0.25) is 0 Å². The fourth-order valence-electron chi connectivity index (χ4n) is 6.89. The van der Waals surface area contributed by atoms with Crippen molar-refractivity contribution in [2.24, 2.45) is 0 Å². The van der Waals surface area contributed by atoms with Gasteiger partial charge in [-0.05, 0) is 76.7 Å². The van der Waals surface area contributed by atoms with Crippen LogP contribution in [-0.4, -0.2) is 8.42 Å². The fourth-order valence-corrected chi connectivity index (χ4v) is 8.52. The van der Waals surface area contributed by atoms with Gasteiger partial charge in [0.25, 0.3) is 0 Å². The zero-order chi connectivity index (χ0) is 30.1. The van der Waals surface area contributed by atoms with Crippen molar-refractivity contribution in [3.8, 4) is 22.3 Å². The van der Waals surface area contributed by atoms with Crippen LogP contribution in [0.15, 0.2) is 168 Å². The van der Waals surface area contributed by atoms with Crippen LogP contribution in [0.4, 0.5) is 34.1 Å². The Morgan fingerprint density at radius 1 is 0.400 bits per heavy atom. The van der Waals surface area contributed by atoms with E-state index in [0.29, 0.717) is 21.2 Å². The predicted molar refractivity (Wildman–Crippen MR) is 183 cm³/mol. The van der Waals surface area contributed by atoms with Gasteiger partial charge in [-0.15, -0.1) is 0 Å². The standard InChI is InChI=1S/C40H26N2O2S/c43-45(44)38-20-8-7-18-34(38)41(30-15-5-2-6-16-30)37-25-33-32-17-9-13-29-14-10-19-35(40(29)32)42(36(33)26-39(37)45)31-23-21-28(22-24-31)27-11-3-1-4-12-27/h1-26H. The van der Waals surface area contributed by atoms with Crippen molar-refractivity contribution in [2.45, 2.75) is 9.79 Å². The molecule has 4 nitrogen and oxygen atoms in total. The molecule has 7 aromatic carbocycles. The second-order valence-corrected chi connectivity index (χ2v) is 13.3. The van der Waals surface area contributed by atoms with Gasteiger partial charge in [-0.1, -0.05) is 103 Å². The number of benzene rings is 7. The van der Waals surface area contributed by atoms with Crippen LogP contribution in [0.3, 0.4) is 0 Å². The summed E-state index contributed by atoms with van der Waals surface area (Å²) < 4.78 is 28.8. The number of hydrogen-bond acceptors (Lipinski definition) is 4. The molecule has 214 valence electrons. The molecule has 0 aliphatic carbocycles. The van der Waals surface area contributed by atoms with Crippen LogP contribution in [0.5, 0.6) is 0 Å². The average Bonchev–Trinajstić information content (AvgIpc) is 3.09. The second kappa shape index (κ2) is 9.68. The molecule has 2 aliphatic rings. The Labute approximate surface area is 262 Å². The molecule has 0 bridgehead atoms. The van der Waals surface area contributed by atoms with Crippen molar-refractivity contribution < 1.29 is 8.42 Å². The lowest BCUT2D eigenvalue weighted by atomic mass is 9.90. The third kappa shape index (κ3) is 3.81. The van der Waals surface area contributed by atoms with Gasteiger partial charge in [0.2, 0.25) is 9.84 Å². The Kier molecular flexibility index (Phi) is 5.55. The van der Waals surface area contributed by atoms with Gasteiger partial charge in [0.05, 0.1) is 32.5 Å². The molecule has 7 aromatic rings. The molecule has 0 unspecified atom stereocenters. The molecule has 2 heterocycles. The monoisotopic (exact) mass is 598 g/mol. The summed E-state index contributed by atoms with van der Waals surface area (Å²) >= 11 is 0. The number of rotatable bonds is 3. The molecule has 0 N–H and O–H groups in total. The maximum atomic E-state index is 14.4. The predicted octanol–water partition coefficient (Wildman–Crippen LogP) is 10.6. The highest BCUT2D eigenvalue weighted by atomic mass is 32.2. The van der Waals surface area contributed by atoms with E-state index in [1.165, 1.54) is 0 Å². The molecule has 0 saturated heterocycles. The van der Waals surface area contributed by atoms with Crippen molar-refractivity contribution in [3.63, 3.8) is 0 Å². The molecule has 45 heavy (non-hydrogen) atoms. The highest BCUT2D eigenvalue weighted by molar-refractivity contribution is 7.92. The quantitative estimate of drug-likeness (QED) is 0.203. The molecule has 0 saturated carbocycles. The minimum atomic E-state index is -3.82. The molecule has 2 aliphatic heterocycles. The molecule has 0 spiro atoms. The van der Waals surface area contributed by atoms with Crippen molar-refractivity contribution in [1.29, 1.82) is 0 Å². The first-order chi connectivity index (χ1) is 22.1. The summed E-state index contributed by atoms with van der Waals surface area (Å²) in [4.78, 5) is 4.88. The maximum Gasteiger partial charge on any atom is 0.210 e. The van der Waals surface area contributed by atoms with Crippen LogP contribution in [0.1, 0.15) is 0 Å². The van der Waals surface area contributed by atoms with Gasteiger partial charge in [0, 0.05) is 22.3 Å². The summed E-state index contributed by atoms with van der Waals surface area (Å²) in [6.07, 6.45) is 0. The van der Waals surface area contributed by atoms with Gasteiger partial charge in [0.1, 0.15) is 0 Å². The highest BCUT2D eigenvalue weighted by Crippen LogP contribution is 2.56. The third-order valence-corrected chi connectivity index (χ3v) is 10.7. The Balaban J connectivity index is 1.34. The van der Waals surface area contributed by atoms with E-state index in [1.54, 1.807) is 12.1 Å². The molecule has 0 aromatic heterocycles. The summed E-state index contributed by atoms with van der Waals surface area (Å²) in [6.45, 7) is 0. The van der Waals surface area contributed by atoms with Crippen molar-refractivity contribution >= 4 is 54.7 Å². The van der Waals surface area contributed by atoms with Crippen LogP contribution < -0.4 is 9.80 Å². The maximum absolute atomic E-state index is 14.4. The first-order valence-corrected chi connectivity index (χ1v) is 16.4. The molecule has 9 rings (SSSR count). The molecular weight excluding hydrogens is 573 g/mol. The van der Waals surface area contributed by atoms with Crippen LogP contribution in [0.25, 0.3) is 33.0 Å². The number of para-hydroxylation sites is 2. The lowest BCUT2D eigenvalue weighted by molar-refractivity contribution is 0.595. The zero-order valence-corrected chi connectivity index (χ0v) is 24.9. The van der Waals surface area contributed by atoms with Crippen molar-refractivity contribution in [3.05, 3.63) is 158 Å². The van der Waals surface area contributed by atoms with Gasteiger partial charge in [-0.2, -0.15) is 0 Å². The smallest absolute Gasteiger partial charge is 0.210 e. The zero-order valence-electron chi connectivity index (χ0n) is 24.1. The fraction of sp³-hybridized carbons (Fsp3) is 0. The van der Waals surface area contributed by atoms with Crippen LogP contribution in [0, 0.1) is 0 Å². The van der Waals surface area contributed by atoms with Crippen molar-refractivity contribution in [2.75, 3.05) is 9.80 Å². The molecule has 0 radical (unpaired) electrons. The minimum Gasteiger partial charge on any atom is -0.309 e. The Hall–Kier alpha value is -5.65. The topological polar surface area (TPSA) is 40.6 Å². The molecule has 0 fully saturated rings. The normalized spacial score (nSPS) is 14.0. The van der Waals surface area contributed by atoms with Gasteiger partial charge in [-0.25, -0.2) is 8.42 Å². The van der Waals surface area contributed by atoms with Crippen LogP contribution >= 0.6 is 0 Å². The Bertz CT molecular complexity index is 2380. The first-order valence-electron chi connectivity index (χ1n) is 14.9. The number of anilines is 6. The van der Waals surface area contributed by atoms with Gasteiger partial charge in [0.15, 0.2) is 0 Å². The average molecular weight is 599 g/mol. The molecule has 5 heteroatoms. The van der Waals surface area contributed by atoms with Gasteiger partial charge >= 0.3 is 0 Å². The lowest BCUT2D eigenvalue weighted by Crippen LogP contribution is -2.24.